The molecule has 0 saturated heterocycles. The number of rotatable bonds is 4. The van der Waals surface area contributed by atoms with Crippen molar-refractivity contribution in [2.45, 2.75) is 58.5 Å². The molecule has 0 rings (SSSR count). The Balaban J connectivity index is 4.11. The molecule has 0 spiro atoms. The van der Waals surface area contributed by atoms with Crippen molar-refractivity contribution in [2.24, 2.45) is 0 Å². The van der Waals surface area contributed by atoms with E-state index in [4.69, 9.17) is 4.74 Å². The van der Waals surface area contributed by atoms with E-state index in [-0.39, 0.29) is 12.4 Å². The first-order valence-electron chi connectivity index (χ1n) is 5.59. The van der Waals surface area contributed by atoms with E-state index in [2.05, 4.69) is 19.6 Å². The summed E-state index contributed by atoms with van der Waals surface area (Å²) >= 11 is 0. The Hall–Kier alpha value is -0.613. The van der Waals surface area contributed by atoms with Crippen LogP contribution < -0.4 is 0 Å². The van der Waals surface area contributed by atoms with E-state index in [0.717, 1.165) is 0 Å². The summed E-state index contributed by atoms with van der Waals surface area (Å²) < 4.78 is 5.12. The minimum absolute atomic E-state index is 0.0260. The van der Waals surface area contributed by atoms with Crippen LogP contribution in [0.1, 0.15) is 27.2 Å². The van der Waals surface area contributed by atoms with Crippen LogP contribution in [0.15, 0.2) is 11.8 Å². The van der Waals surface area contributed by atoms with Gasteiger partial charge in [-0.15, -0.1) is 0 Å². The molecular formula is C12H24O3Si. The molecule has 0 bridgehead atoms. The molecule has 0 aromatic rings. The molecule has 16 heavy (non-hydrogen) atoms. The number of hydrogen-bond donors (Lipinski definition) is 1. The smallest absolute Gasteiger partial charge is 0.309 e. The summed E-state index contributed by atoms with van der Waals surface area (Å²) in [6.07, 6.45) is 0.996. The first kappa shape index (κ1) is 15.4. The van der Waals surface area contributed by atoms with Crippen molar-refractivity contribution in [1.82, 2.24) is 0 Å². The highest BCUT2D eigenvalue weighted by Crippen LogP contribution is 2.10. The van der Waals surface area contributed by atoms with Crippen LogP contribution >= 0.6 is 0 Å². The molecule has 3 nitrogen and oxygen atoms in total. The zero-order chi connectivity index (χ0) is 13.0. The lowest BCUT2D eigenvalue weighted by molar-refractivity contribution is -0.156. The standard InChI is InChI=1S/C12H24O3Si/c1-12(2,3)15-11(14)9-10(13)7-8-16(4,5)6/h7-8,10,13H,9H2,1-6H3/b8-7+/t10-/m1/s1. The summed E-state index contributed by atoms with van der Waals surface area (Å²) in [7, 11) is -1.31. The molecule has 0 radical (unpaired) electrons. The number of carbonyl (C=O) groups excluding carboxylic acids is 1. The molecule has 1 N–H and O–H groups in total. The molecule has 0 aliphatic carbocycles. The Morgan fingerprint density at radius 3 is 2.25 bits per heavy atom. The molecule has 0 saturated carbocycles. The lowest BCUT2D eigenvalue weighted by Crippen LogP contribution is -2.26. The summed E-state index contributed by atoms with van der Waals surface area (Å²) in [5.74, 6) is -0.361. The molecule has 0 amide bonds. The van der Waals surface area contributed by atoms with Gasteiger partial charge in [-0.1, -0.05) is 31.4 Å². The maximum Gasteiger partial charge on any atom is 0.309 e. The number of carbonyl (C=O) groups is 1. The summed E-state index contributed by atoms with van der Waals surface area (Å²) in [5, 5.41) is 9.61. The van der Waals surface area contributed by atoms with Gasteiger partial charge in [0.1, 0.15) is 5.60 Å². The second-order valence-electron chi connectivity index (χ2n) is 6.08. The SMILES string of the molecule is CC(C)(C)OC(=O)C[C@H](O)/C=C/[Si](C)(C)C. The lowest BCUT2D eigenvalue weighted by atomic mass is 10.2. The van der Waals surface area contributed by atoms with E-state index in [1.807, 2.05) is 26.5 Å². The van der Waals surface area contributed by atoms with Gasteiger partial charge in [0.25, 0.3) is 0 Å². The third-order valence-electron chi connectivity index (χ3n) is 1.61. The summed E-state index contributed by atoms with van der Waals surface area (Å²) in [6.45, 7) is 12.0. The number of esters is 1. The molecule has 0 heterocycles. The fourth-order valence-corrected chi connectivity index (χ4v) is 1.82. The van der Waals surface area contributed by atoms with Crippen LogP contribution in [-0.4, -0.2) is 30.9 Å². The predicted molar refractivity (Wildman–Crippen MR) is 69.0 cm³/mol. The predicted octanol–water partition coefficient (Wildman–Crippen LogP) is 2.51. The van der Waals surface area contributed by atoms with Gasteiger partial charge in [0, 0.05) is 0 Å². The van der Waals surface area contributed by atoms with Crippen LogP contribution in [0, 0.1) is 0 Å². The molecule has 0 aromatic heterocycles. The molecule has 0 aliphatic rings. The van der Waals surface area contributed by atoms with Crippen LogP contribution in [0.4, 0.5) is 0 Å². The van der Waals surface area contributed by atoms with Crippen molar-refractivity contribution in [3.63, 3.8) is 0 Å². The molecule has 4 heteroatoms. The maximum atomic E-state index is 11.4. The third kappa shape index (κ3) is 9.92. The van der Waals surface area contributed by atoms with Crippen molar-refractivity contribution < 1.29 is 14.6 Å². The van der Waals surface area contributed by atoms with Gasteiger partial charge in [-0.05, 0) is 20.8 Å². The average Bonchev–Trinajstić information content (AvgIpc) is 1.95. The molecule has 0 aliphatic heterocycles. The Bertz CT molecular complexity index is 258. The second-order valence-corrected chi connectivity index (χ2v) is 11.1. The van der Waals surface area contributed by atoms with E-state index in [0.29, 0.717) is 0 Å². The number of aliphatic hydroxyl groups excluding tert-OH is 1. The van der Waals surface area contributed by atoms with Crippen LogP contribution in [0.5, 0.6) is 0 Å². The first-order valence-corrected chi connectivity index (χ1v) is 9.17. The zero-order valence-electron chi connectivity index (χ0n) is 11.2. The number of aliphatic hydroxyl groups is 1. The molecule has 0 aromatic carbocycles. The van der Waals surface area contributed by atoms with E-state index in [9.17, 15) is 9.90 Å². The van der Waals surface area contributed by atoms with Gasteiger partial charge in [-0.25, -0.2) is 0 Å². The molecule has 0 fully saturated rings. The first-order chi connectivity index (χ1) is 6.99. The van der Waals surface area contributed by atoms with Crippen molar-refractivity contribution in [2.75, 3.05) is 0 Å². The minimum Gasteiger partial charge on any atom is -0.460 e. The fraction of sp³-hybridized carbons (Fsp3) is 0.750. The fourth-order valence-electron chi connectivity index (χ4n) is 1.02. The summed E-state index contributed by atoms with van der Waals surface area (Å²) in [4.78, 5) is 11.4. The zero-order valence-corrected chi connectivity index (χ0v) is 12.2. The topological polar surface area (TPSA) is 46.5 Å². The second kappa shape index (κ2) is 5.64. The van der Waals surface area contributed by atoms with Gasteiger partial charge >= 0.3 is 5.97 Å². The molecular weight excluding hydrogens is 220 g/mol. The summed E-state index contributed by atoms with van der Waals surface area (Å²) in [5.41, 5.74) is 1.54. The van der Waals surface area contributed by atoms with Crippen molar-refractivity contribution >= 4 is 14.0 Å². The maximum absolute atomic E-state index is 11.4. The van der Waals surface area contributed by atoms with E-state index in [1.165, 1.54) is 0 Å². The van der Waals surface area contributed by atoms with Crippen LogP contribution in [0.3, 0.4) is 0 Å². The van der Waals surface area contributed by atoms with Gasteiger partial charge in [0.15, 0.2) is 0 Å². The largest absolute Gasteiger partial charge is 0.460 e. The Morgan fingerprint density at radius 2 is 1.88 bits per heavy atom. The normalized spacial score (nSPS) is 15.2. The Kier molecular flexibility index (Phi) is 5.42. The van der Waals surface area contributed by atoms with E-state index >= 15 is 0 Å². The summed E-state index contributed by atoms with van der Waals surface area (Å²) in [6, 6.07) is 0. The van der Waals surface area contributed by atoms with Gasteiger partial charge in [-0.3, -0.25) is 4.79 Å². The van der Waals surface area contributed by atoms with Crippen molar-refractivity contribution in [1.29, 1.82) is 0 Å². The molecule has 94 valence electrons. The monoisotopic (exact) mass is 244 g/mol. The highest BCUT2D eigenvalue weighted by molar-refractivity contribution is 6.80. The third-order valence-corrected chi connectivity index (χ3v) is 2.81. The van der Waals surface area contributed by atoms with Gasteiger partial charge in [0.2, 0.25) is 0 Å². The van der Waals surface area contributed by atoms with Crippen LogP contribution in [0.25, 0.3) is 0 Å². The van der Waals surface area contributed by atoms with E-state index in [1.54, 1.807) is 6.08 Å². The van der Waals surface area contributed by atoms with Gasteiger partial charge < -0.3 is 9.84 Å². The van der Waals surface area contributed by atoms with Crippen LogP contribution in [0.2, 0.25) is 19.6 Å². The van der Waals surface area contributed by atoms with Crippen molar-refractivity contribution in [3.8, 4) is 0 Å². The number of ether oxygens (including phenoxy) is 1. The highest BCUT2D eigenvalue weighted by Gasteiger charge is 2.18. The minimum atomic E-state index is -1.31. The van der Waals surface area contributed by atoms with Gasteiger partial charge in [-0.2, -0.15) is 0 Å². The van der Waals surface area contributed by atoms with Crippen LogP contribution in [-0.2, 0) is 9.53 Å². The van der Waals surface area contributed by atoms with Crippen molar-refractivity contribution in [3.05, 3.63) is 11.8 Å². The average molecular weight is 244 g/mol. The Labute approximate surface area is 99.5 Å². The highest BCUT2D eigenvalue weighted by atomic mass is 28.3. The quantitative estimate of drug-likeness (QED) is 0.610. The Morgan fingerprint density at radius 1 is 1.38 bits per heavy atom. The number of hydrogen-bond acceptors (Lipinski definition) is 3. The molecule has 1 atom stereocenters. The van der Waals surface area contributed by atoms with Gasteiger partial charge in [0.05, 0.1) is 20.6 Å². The lowest BCUT2D eigenvalue weighted by Gasteiger charge is -2.20. The van der Waals surface area contributed by atoms with E-state index < -0.39 is 19.8 Å². The molecule has 0 unspecified atom stereocenters.